The summed E-state index contributed by atoms with van der Waals surface area (Å²) in [6.07, 6.45) is 0. The van der Waals surface area contributed by atoms with Crippen LogP contribution in [0.3, 0.4) is 0 Å². The van der Waals surface area contributed by atoms with Crippen LogP contribution in [0.25, 0.3) is 0 Å². The van der Waals surface area contributed by atoms with E-state index in [1.165, 1.54) is 0 Å². The summed E-state index contributed by atoms with van der Waals surface area (Å²) in [7, 11) is 0. The molecule has 2 rings (SSSR count). The summed E-state index contributed by atoms with van der Waals surface area (Å²) in [4.78, 5) is -0.666. The van der Waals surface area contributed by atoms with E-state index in [-0.39, 0.29) is 5.56 Å². The highest BCUT2D eigenvalue weighted by atomic mass is 79.9. The van der Waals surface area contributed by atoms with Gasteiger partial charge in [0.15, 0.2) is 0 Å². The third kappa shape index (κ3) is 3.03. The Morgan fingerprint density at radius 3 is 2.11 bits per heavy atom. The second-order valence-electron chi connectivity index (χ2n) is 4.15. The lowest BCUT2D eigenvalue weighted by atomic mass is 9.99. The van der Waals surface area contributed by atoms with E-state index in [0.29, 0.717) is 12.1 Å². The standard InChI is InChI=1S/C14H9Br2F3/c1-7-4-8(15)2-3-10(7)14(16)13-11(18)5-9(17)6-12(13)19/h2-6,14H,1H3. The molecule has 0 aliphatic carbocycles. The number of rotatable bonds is 2. The summed E-state index contributed by atoms with van der Waals surface area (Å²) in [5.41, 5.74) is 1.42. The molecule has 0 spiro atoms. The van der Waals surface area contributed by atoms with Crippen LogP contribution < -0.4 is 0 Å². The Morgan fingerprint density at radius 2 is 1.58 bits per heavy atom. The van der Waals surface area contributed by atoms with Crippen molar-refractivity contribution in [3.63, 3.8) is 0 Å². The molecule has 0 saturated carbocycles. The van der Waals surface area contributed by atoms with Gasteiger partial charge in [-0.3, -0.25) is 0 Å². The molecule has 0 amide bonds. The fraction of sp³-hybridized carbons (Fsp3) is 0.143. The van der Waals surface area contributed by atoms with E-state index in [0.717, 1.165) is 15.6 Å². The first kappa shape index (κ1) is 14.6. The minimum Gasteiger partial charge on any atom is -0.207 e. The minimum atomic E-state index is -0.925. The van der Waals surface area contributed by atoms with Crippen LogP contribution in [-0.2, 0) is 0 Å². The molecule has 0 fully saturated rings. The molecule has 5 heteroatoms. The number of hydrogen-bond acceptors (Lipinski definition) is 0. The van der Waals surface area contributed by atoms with Gasteiger partial charge >= 0.3 is 0 Å². The average molecular weight is 394 g/mol. The van der Waals surface area contributed by atoms with Gasteiger partial charge in [0.1, 0.15) is 17.5 Å². The topological polar surface area (TPSA) is 0 Å². The van der Waals surface area contributed by atoms with Crippen LogP contribution in [0.15, 0.2) is 34.8 Å². The molecule has 0 radical (unpaired) electrons. The van der Waals surface area contributed by atoms with Gasteiger partial charge < -0.3 is 0 Å². The Kier molecular flexibility index (Phi) is 4.36. The van der Waals surface area contributed by atoms with Crippen molar-refractivity contribution in [2.75, 3.05) is 0 Å². The van der Waals surface area contributed by atoms with Crippen LogP contribution in [0.1, 0.15) is 21.5 Å². The van der Waals surface area contributed by atoms with Crippen LogP contribution in [-0.4, -0.2) is 0 Å². The van der Waals surface area contributed by atoms with E-state index in [4.69, 9.17) is 0 Å². The zero-order valence-corrected chi connectivity index (χ0v) is 13.0. The van der Waals surface area contributed by atoms with Crippen LogP contribution in [0.2, 0.25) is 0 Å². The molecule has 19 heavy (non-hydrogen) atoms. The molecule has 1 unspecified atom stereocenters. The number of alkyl halides is 1. The van der Waals surface area contributed by atoms with Crippen molar-refractivity contribution in [3.05, 3.63) is 68.9 Å². The van der Waals surface area contributed by atoms with Crippen molar-refractivity contribution in [3.8, 4) is 0 Å². The first-order valence-electron chi connectivity index (χ1n) is 5.44. The van der Waals surface area contributed by atoms with Crippen LogP contribution in [0.4, 0.5) is 13.2 Å². The monoisotopic (exact) mass is 392 g/mol. The van der Waals surface area contributed by atoms with Crippen molar-refractivity contribution in [1.82, 2.24) is 0 Å². The Labute approximate surface area is 125 Å². The zero-order valence-electron chi connectivity index (χ0n) is 9.85. The number of hydrogen-bond donors (Lipinski definition) is 0. The lowest BCUT2D eigenvalue weighted by Crippen LogP contribution is -2.03. The maximum absolute atomic E-state index is 13.7. The van der Waals surface area contributed by atoms with Crippen molar-refractivity contribution >= 4 is 31.9 Å². The molecule has 0 aromatic heterocycles. The van der Waals surface area contributed by atoms with Crippen molar-refractivity contribution < 1.29 is 13.2 Å². The average Bonchev–Trinajstić information content (AvgIpc) is 2.26. The van der Waals surface area contributed by atoms with E-state index >= 15 is 0 Å². The third-order valence-corrected chi connectivity index (χ3v) is 4.25. The summed E-state index contributed by atoms with van der Waals surface area (Å²) >= 11 is 6.61. The van der Waals surface area contributed by atoms with Gasteiger partial charge in [-0.1, -0.05) is 37.9 Å². The molecule has 2 aromatic rings. The Bertz CT molecular complexity index is 603. The second kappa shape index (κ2) is 5.67. The van der Waals surface area contributed by atoms with Crippen molar-refractivity contribution in [1.29, 1.82) is 0 Å². The van der Waals surface area contributed by atoms with E-state index in [2.05, 4.69) is 31.9 Å². The van der Waals surface area contributed by atoms with Gasteiger partial charge in [0, 0.05) is 22.2 Å². The van der Waals surface area contributed by atoms with Gasteiger partial charge in [-0.25, -0.2) is 13.2 Å². The smallest absolute Gasteiger partial charge is 0.133 e. The highest BCUT2D eigenvalue weighted by Gasteiger charge is 2.22. The zero-order chi connectivity index (χ0) is 14.2. The number of benzene rings is 2. The predicted octanol–water partition coefficient (Wildman–Crippen LogP) is 5.66. The SMILES string of the molecule is Cc1cc(Br)ccc1C(Br)c1c(F)cc(F)cc1F. The molecule has 0 aliphatic rings. The van der Waals surface area contributed by atoms with E-state index in [1.54, 1.807) is 12.1 Å². The first-order chi connectivity index (χ1) is 8.90. The molecule has 100 valence electrons. The minimum absolute atomic E-state index is 0.188. The van der Waals surface area contributed by atoms with Crippen molar-refractivity contribution in [2.24, 2.45) is 0 Å². The molecule has 0 bridgehead atoms. The van der Waals surface area contributed by atoms with Crippen LogP contribution in [0.5, 0.6) is 0 Å². The largest absolute Gasteiger partial charge is 0.207 e. The van der Waals surface area contributed by atoms with Crippen molar-refractivity contribution in [2.45, 2.75) is 11.8 Å². The maximum atomic E-state index is 13.7. The first-order valence-corrected chi connectivity index (χ1v) is 7.15. The van der Waals surface area contributed by atoms with E-state index in [9.17, 15) is 13.2 Å². The lowest BCUT2D eigenvalue weighted by molar-refractivity contribution is 0.527. The lowest BCUT2D eigenvalue weighted by Gasteiger charge is -2.15. The number of halogens is 5. The molecule has 0 nitrogen and oxygen atoms in total. The summed E-state index contributed by atoms with van der Waals surface area (Å²) in [5.74, 6) is -2.73. The van der Waals surface area contributed by atoms with E-state index in [1.807, 2.05) is 13.0 Å². The highest BCUT2D eigenvalue weighted by Crippen LogP contribution is 2.36. The quantitative estimate of drug-likeness (QED) is 0.577. The molecular formula is C14H9Br2F3. The Morgan fingerprint density at radius 1 is 1.00 bits per heavy atom. The molecular weight excluding hydrogens is 385 g/mol. The Balaban J connectivity index is 2.53. The normalized spacial score (nSPS) is 12.5. The molecule has 0 saturated heterocycles. The summed E-state index contributed by atoms with van der Waals surface area (Å²) in [6.45, 7) is 1.84. The molecule has 2 aromatic carbocycles. The van der Waals surface area contributed by atoms with Gasteiger partial charge in [-0.15, -0.1) is 0 Å². The van der Waals surface area contributed by atoms with Gasteiger partial charge in [-0.2, -0.15) is 0 Å². The van der Waals surface area contributed by atoms with Gasteiger partial charge in [0.2, 0.25) is 0 Å². The summed E-state index contributed by atoms with van der Waals surface area (Å²) < 4.78 is 41.3. The molecule has 1 atom stereocenters. The fourth-order valence-corrected chi connectivity index (χ4v) is 3.30. The second-order valence-corrected chi connectivity index (χ2v) is 5.98. The third-order valence-electron chi connectivity index (χ3n) is 2.80. The number of aryl methyl sites for hydroxylation is 1. The van der Waals surface area contributed by atoms with Gasteiger partial charge in [0.05, 0.1) is 4.83 Å². The maximum Gasteiger partial charge on any atom is 0.133 e. The van der Waals surface area contributed by atoms with E-state index < -0.39 is 22.3 Å². The summed E-state index contributed by atoms with van der Waals surface area (Å²) in [6, 6.07) is 6.77. The van der Waals surface area contributed by atoms with Crippen LogP contribution >= 0.6 is 31.9 Å². The fourth-order valence-electron chi connectivity index (χ4n) is 1.87. The van der Waals surface area contributed by atoms with Gasteiger partial charge in [0.25, 0.3) is 0 Å². The van der Waals surface area contributed by atoms with Gasteiger partial charge in [-0.05, 0) is 30.2 Å². The molecule has 0 heterocycles. The predicted molar refractivity (Wildman–Crippen MR) is 76.0 cm³/mol. The molecule has 0 aliphatic heterocycles. The molecule has 0 N–H and O–H groups in total. The highest BCUT2D eigenvalue weighted by molar-refractivity contribution is 9.10. The summed E-state index contributed by atoms with van der Waals surface area (Å²) in [5, 5.41) is 0. The Hall–Kier alpha value is -0.810. The van der Waals surface area contributed by atoms with Crippen LogP contribution in [0, 0.1) is 24.4 Å².